The van der Waals surface area contributed by atoms with Crippen LogP contribution < -0.4 is 5.32 Å². The number of hydrogen-bond acceptors (Lipinski definition) is 3. The Morgan fingerprint density at radius 2 is 2.37 bits per heavy atom. The number of halogens is 1. The van der Waals surface area contributed by atoms with Crippen LogP contribution in [0.1, 0.15) is 30.6 Å². The van der Waals surface area contributed by atoms with Crippen molar-refractivity contribution in [3.8, 4) is 0 Å². The highest BCUT2D eigenvalue weighted by Gasteiger charge is 2.28. The summed E-state index contributed by atoms with van der Waals surface area (Å²) in [7, 11) is 0. The number of rotatable bonds is 3. The van der Waals surface area contributed by atoms with Crippen LogP contribution in [0.3, 0.4) is 0 Å². The fourth-order valence-electron chi connectivity index (χ4n) is 2.61. The Balaban J connectivity index is 2.02. The highest BCUT2D eigenvalue weighted by Crippen LogP contribution is 2.18. The van der Waals surface area contributed by atoms with Crippen LogP contribution in [0.15, 0.2) is 18.5 Å². The lowest BCUT2D eigenvalue weighted by atomic mass is 9.93. The first-order valence-electron chi connectivity index (χ1n) is 6.75. The smallest absolute Gasteiger partial charge is 0.255 e. The second-order valence-electron chi connectivity index (χ2n) is 5.07. The van der Waals surface area contributed by atoms with E-state index in [4.69, 9.17) is 0 Å². The van der Waals surface area contributed by atoms with E-state index in [0.717, 1.165) is 19.2 Å². The molecule has 1 aliphatic rings. The van der Waals surface area contributed by atoms with Crippen LogP contribution in [0.25, 0.3) is 0 Å². The molecule has 1 saturated heterocycles. The fourth-order valence-corrected chi connectivity index (χ4v) is 2.61. The van der Waals surface area contributed by atoms with Crippen molar-refractivity contribution in [3.63, 3.8) is 0 Å². The van der Waals surface area contributed by atoms with Gasteiger partial charge in [0.05, 0.1) is 11.8 Å². The number of hydrogen-bond donors (Lipinski definition) is 1. The summed E-state index contributed by atoms with van der Waals surface area (Å²) in [4.78, 5) is 17.8. The predicted octanol–water partition coefficient (Wildman–Crippen LogP) is 1.68. The summed E-state index contributed by atoms with van der Waals surface area (Å²) in [6, 6.07) is 1.70. The van der Waals surface area contributed by atoms with Crippen LogP contribution in [0.2, 0.25) is 0 Å². The Bertz CT molecular complexity index is 452. The van der Waals surface area contributed by atoms with Crippen LogP contribution in [0.4, 0.5) is 4.39 Å². The molecule has 4 nitrogen and oxygen atoms in total. The van der Waals surface area contributed by atoms with Crippen LogP contribution in [0.5, 0.6) is 0 Å². The number of likely N-dealkylation sites (tertiary alicyclic amines) is 1. The summed E-state index contributed by atoms with van der Waals surface area (Å²) >= 11 is 0. The van der Waals surface area contributed by atoms with E-state index in [1.807, 2.05) is 0 Å². The minimum Gasteiger partial charge on any atom is -0.338 e. The minimum absolute atomic E-state index is 0.131. The number of pyridine rings is 1. The molecule has 2 atom stereocenters. The number of aromatic nitrogens is 1. The van der Waals surface area contributed by atoms with Gasteiger partial charge >= 0.3 is 0 Å². The van der Waals surface area contributed by atoms with E-state index < -0.39 is 5.82 Å². The van der Waals surface area contributed by atoms with Gasteiger partial charge in [-0.1, -0.05) is 13.8 Å². The van der Waals surface area contributed by atoms with Gasteiger partial charge in [0.1, 0.15) is 5.82 Å². The molecule has 0 saturated carbocycles. The SMILES string of the molecule is CCNC1CCN(C(=O)c2cncc(F)c2)CC1C. The number of amides is 1. The molecule has 1 fully saturated rings. The van der Waals surface area contributed by atoms with Gasteiger partial charge in [-0.05, 0) is 24.9 Å². The summed E-state index contributed by atoms with van der Waals surface area (Å²) in [5.41, 5.74) is 0.328. The molecule has 5 heteroatoms. The van der Waals surface area contributed by atoms with E-state index in [1.54, 1.807) is 4.90 Å². The lowest BCUT2D eigenvalue weighted by Gasteiger charge is -2.37. The van der Waals surface area contributed by atoms with Crippen LogP contribution in [-0.2, 0) is 0 Å². The van der Waals surface area contributed by atoms with Gasteiger partial charge in [-0.25, -0.2) is 4.39 Å². The molecule has 2 unspecified atom stereocenters. The van der Waals surface area contributed by atoms with E-state index in [0.29, 0.717) is 30.6 Å². The van der Waals surface area contributed by atoms with Gasteiger partial charge in [-0.2, -0.15) is 0 Å². The molecular formula is C14H20FN3O. The quantitative estimate of drug-likeness (QED) is 0.904. The second-order valence-corrected chi connectivity index (χ2v) is 5.07. The molecule has 2 rings (SSSR count). The van der Waals surface area contributed by atoms with E-state index in [1.165, 1.54) is 12.3 Å². The Morgan fingerprint density at radius 1 is 1.58 bits per heavy atom. The molecule has 1 amide bonds. The first-order chi connectivity index (χ1) is 9.11. The van der Waals surface area contributed by atoms with E-state index in [9.17, 15) is 9.18 Å². The van der Waals surface area contributed by atoms with E-state index >= 15 is 0 Å². The predicted molar refractivity (Wildman–Crippen MR) is 71.3 cm³/mol. The lowest BCUT2D eigenvalue weighted by Crippen LogP contribution is -2.50. The van der Waals surface area contributed by atoms with Crippen molar-refractivity contribution >= 4 is 5.91 Å². The molecule has 0 spiro atoms. The molecule has 1 aliphatic heterocycles. The largest absolute Gasteiger partial charge is 0.338 e. The highest BCUT2D eigenvalue weighted by atomic mass is 19.1. The molecule has 104 valence electrons. The van der Waals surface area contributed by atoms with Gasteiger partial charge < -0.3 is 10.2 Å². The van der Waals surface area contributed by atoms with Crippen molar-refractivity contribution in [1.82, 2.24) is 15.2 Å². The summed E-state index contributed by atoms with van der Waals surface area (Å²) in [5, 5.41) is 3.43. The standard InChI is InChI=1S/C14H20FN3O/c1-3-17-13-4-5-18(9-10(13)2)14(19)11-6-12(15)8-16-7-11/h6-8,10,13,17H,3-5,9H2,1-2H3. The van der Waals surface area contributed by atoms with Gasteiger partial charge in [0.25, 0.3) is 5.91 Å². The van der Waals surface area contributed by atoms with Crippen molar-refractivity contribution in [3.05, 3.63) is 29.8 Å². The summed E-state index contributed by atoms with van der Waals surface area (Å²) in [6.45, 7) is 6.57. The Labute approximate surface area is 113 Å². The van der Waals surface area contributed by atoms with Crippen molar-refractivity contribution in [2.75, 3.05) is 19.6 Å². The molecule has 0 aromatic carbocycles. The Hall–Kier alpha value is -1.49. The lowest BCUT2D eigenvalue weighted by molar-refractivity contribution is 0.0645. The molecular weight excluding hydrogens is 245 g/mol. The number of carbonyl (C=O) groups excluding carboxylic acids is 1. The summed E-state index contributed by atoms with van der Waals surface area (Å²) < 4.78 is 13.1. The third kappa shape index (κ3) is 3.29. The average molecular weight is 265 g/mol. The molecule has 2 heterocycles. The highest BCUT2D eigenvalue weighted by molar-refractivity contribution is 5.94. The van der Waals surface area contributed by atoms with Crippen molar-refractivity contribution in [1.29, 1.82) is 0 Å². The molecule has 19 heavy (non-hydrogen) atoms. The van der Waals surface area contributed by atoms with Crippen LogP contribution in [-0.4, -0.2) is 41.5 Å². The van der Waals surface area contributed by atoms with Gasteiger partial charge in [-0.3, -0.25) is 9.78 Å². The molecule has 1 aromatic rings. The minimum atomic E-state index is -0.471. The normalized spacial score (nSPS) is 23.4. The number of nitrogens with one attached hydrogen (secondary N) is 1. The summed E-state index contributed by atoms with van der Waals surface area (Å²) in [6.07, 6.45) is 3.47. The Morgan fingerprint density at radius 3 is 3.00 bits per heavy atom. The third-order valence-electron chi connectivity index (χ3n) is 3.61. The molecule has 0 radical (unpaired) electrons. The van der Waals surface area contributed by atoms with E-state index in [2.05, 4.69) is 24.1 Å². The van der Waals surface area contributed by atoms with Crippen LogP contribution >= 0.6 is 0 Å². The Kier molecular flexibility index (Phi) is 4.47. The zero-order valence-corrected chi connectivity index (χ0v) is 11.4. The third-order valence-corrected chi connectivity index (χ3v) is 3.61. The number of nitrogens with zero attached hydrogens (tertiary/aromatic N) is 2. The van der Waals surface area contributed by atoms with Gasteiger partial charge in [0, 0.05) is 25.3 Å². The monoisotopic (exact) mass is 265 g/mol. The van der Waals surface area contributed by atoms with Crippen LogP contribution in [0, 0.1) is 11.7 Å². The zero-order chi connectivity index (χ0) is 13.8. The molecule has 0 bridgehead atoms. The first kappa shape index (κ1) is 13.9. The maximum absolute atomic E-state index is 13.1. The molecule has 1 aromatic heterocycles. The van der Waals surface area contributed by atoms with Crippen molar-refractivity contribution < 1.29 is 9.18 Å². The maximum atomic E-state index is 13.1. The number of piperidine rings is 1. The van der Waals surface area contributed by atoms with Crippen molar-refractivity contribution in [2.45, 2.75) is 26.3 Å². The first-order valence-corrected chi connectivity index (χ1v) is 6.75. The van der Waals surface area contributed by atoms with E-state index in [-0.39, 0.29) is 5.91 Å². The van der Waals surface area contributed by atoms with Gasteiger partial charge in [-0.15, -0.1) is 0 Å². The maximum Gasteiger partial charge on any atom is 0.255 e. The topological polar surface area (TPSA) is 45.2 Å². The molecule has 1 N–H and O–H groups in total. The average Bonchev–Trinajstić information content (AvgIpc) is 2.40. The summed E-state index contributed by atoms with van der Waals surface area (Å²) in [5.74, 6) is -0.200. The second kappa shape index (κ2) is 6.10. The molecule has 0 aliphatic carbocycles. The van der Waals surface area contributed by atoms with Crippen molar-refractivity contribution in [2.24, 2.45) is 5.92 Å². The zero-order valence-electron chi connectivity index (χ0n) is 11.4. The van der Waals surface area contributed by atoms with Gasteiger partial charge in [0.2, 0.25) is 0 Å². The van der Waals surface area contributed by atoms with Gasteiger partial charge in [0.15, 0.2) is 0 Å². The fraction of sp³-hybridized carbons (Fsp3) is 0.571. The number of carbonyl (C=O) groups is 1.